The molecule has 0 atom stereocenters. The minimum atomic E-state index is -0.660. The summed E-state index contributed by atoms with van der Waals surface area (Å²) >= 11 is 0. The maximum Gasteiger partial charge on any atom is 0.258 e. The fraction of sp³-hybridized carbons (Fsp3) is 0.174. The van der Waals surface area contributed by atoms with Crippen molar-refractivity contribution in [2.24, 2.45) is 7.05 Å². The molecule has 0 radical (unpaired) electrons. The first-order valence-corrected chi connectivity index (χ1v) is 9.89. The second-order valence-electron chi connectivity index (χ2n) is 7.45. The molecule has 1 aromatic carbocycles. The zero-order valence-corrected chi connectivity index (χ0v) is 17.8. The number of nitrogens with zero attached hydrogens (tertiary/aromatic N) is 3. The molecular formula is C23H22FN5O3. The second kappa shape index (κ2) is 8.27. The zero-order valence-electron chi connectivity index (χ0n) is 17.8. The summed E-state index contributed by atoms with van der Waals surface area (Å²) in [7, 11) is 3.46. The van der Waals surface area contributed by atoms with E-state index in [4.69, 9.17) is 0 Å². The Bertz CT molecular complexity index is 1360. The highest BCUT2D eigenvalue weighted by molar-refractivity contribution is 6.17. The van der Waals surface area contributed by atoms with E-state index >= 15 is 4.39 Å². The molecule has 0 unspecified atom stereocenters. The average molecular weight is 435 g/mol. The summed E-state index contributed by atoms with van der Waals surface area (Å²) < 4.78 is 18.6. The summed E-state index contributed by atoms with van der Waals surface area (Å²) in [6, 6.07) is 6.43. The smallest absolute Gasteiger partial charge is 0.258 e. The molecule has 4 rings (SSSR count). The van der Waals surface area contributed by atoms with Crippen molar-refractivity contribution in [1.29, 1.82) is 0 Å². The molecule has 32 heavy (non-hydrogen) atoms. The Kier molecular flexibility index (Phi) is 5.50. The van der Waals surface area contributed by atoms with Gasteiger partial charge < -0.3 is 20.1 Å². The van der Waals surface area contributed by atoms with Gasteiger partial charge in [-0.15, -0.1) is 0 Å². The van der Waals surface area contributed by atoms with Crippen LogP contribution in [0.15, 0.2) is 49.1 Å². The highest BCUT2D eigenvalue weighted by Gasteiger charge is 2.23. The second-order valence-corrected chi connectivity index (χ2v) is 7.45. The number of aliphatic hydroxyl groups excluding tert-OH is 1. The number of hydrogen-bond acceptors (Lipinski definition) is 5. The van der Waals surface area contributed by atoms with Crippen molar-refractivity contribution < 1.29 is 19.1 Å². The lowest BCUT2D eigenvalue weighted by Gasteiger charge is -2.12. The van der Waals surface area contributed by atoms with Gasteiger partial charge in [-0.05, 0) is 36.8 Å². The number of amides is 1. The van der Waals surface area contributed by atoms with Crippen molar-refractivity contribution in [3.05, 3.63) is 71.6 Å². The summed E-state index contributed by atoms with van der Waals surface area (Å²) in [6.07, 6.45) is 6.45. The van der Waals surface area contributed by atoms with Gasteiger partial charge in [-0.1, -0.05) is 0 Å². The molecule has 0 aliphatic heterocycles. The fourth-order valence-corrected chi connectivity index (χ4v) is 3.65. The Labute approximate surface area is 183 Å². The Hall–Kier alpha value is -3.98. The van der Waals surface area contributed by atoms with E-state index in [0.29, 0.717) is 16.6 Å². The quantitative estimate of drug-likeness (QED) is 0.403. The monoisotopic (exact) mass is 435 g/mol. The Balaban J connectivity index is 1.82. The molecule has 0 spiro atoms. The Morgan fingerprint density at radius 2 is 2.00 bits per heavy atom. The van der Waals surface area contributed by atoms with Gasteiger partial charge in [-0.3, -0.25) is 14.3 Å². The molecule has 0 saturated carbocycles. The molecular weight excluding hydrogens is 413 g/mol. The van der Waals surface area contributed by atoms with Crippen LogP contribution < -0.4 is 10.6 Å². The first-order chi connectivity index (χ1) is 15.3. The fourth-order valence-electron chi connectivity index (χ4n) is 3.65. The van der Waals surface area contributed by atoms with Crippen LogP contribution in [-0.2, 0) is 13.7 Å². The van der Waals surface area contributed by atoms with Crippen molar-refractivity contribution in [3.8, 4) is 11.1 Å². The normalized spacial score (nSPS) is 11.0. The van der Waals surface area contributed by atoms with E-state index in [1.807, 2.05) is 6.07 Å². The highest BCUT2D eigenvalue weighted by atomic mass is 19.1. The third kappa shape index (κ3) is 3.74. The molecule has 164 valence electrons. The maximum absolute atomic E-state index is 15.4. The van der Waals surface area contributed by atoms with Crippen LogP contribution >= 0.6 is 0 Å². The van der Waals surface area contributed by atoms with E-state index in [1.165, 1.54) is 29.9 Å². The molecule has 0 saturated heterocycles. The summed E-state index contributed by atoms with van der Waals surface area (Å²) in [5.74, 6) is -1.57. The lowest BCUT2D eigenvalue weighted by Crippen LogP contribution is -2.16. The van der Waals surface area contributed by atoms with Crippen LogP contribution in [0, 0.1) is 5.82 Å². The van der Waals surface area contributed by atoms with Crippen LogP contribution in [0.4, 0.5) is 15.8 Å². The van der Waals surface area contributed by atoms with E-state index in [-0.39, 0.29) is 34.8 Å². The number of halogens is 1. The number of benzene rings is 1. The molecule has 3 aromatic heterocycles. The van der Waals surface area contributed by atoms with Crippen LogP contribution in [0.5, 0.6) is 0 Å². The number of fused-ring (bicyclic) bond motifs is 1. The lowest BCUT2D eigenvalue weighted by molar-refractivity contribution is 0.0987. The first-order valence-electron chi connectivity index (χ1n) is 9.89. The maximum atomic E-state index is 15.4. The van der Waals surface area contributed by atoms with Crippen molar-refractivity contribution in [2.75, 3.05) is 17.7 Å². The molecule has 0 aliphatic carbocycles. The number of carbonyl (C=O) groups excluding carboxylic acids is 2. The van der Waals surface area contributed by atoms with E-state index in [9.17, 15) is 14.7 Å². The van der Waals surface area contributed by atoms with Gasteiger partial charge in [0.25, 0.3) is 5.91 Å². The number of rotatable bonds is 6. The summed E-state index contributed by atoms with van der Waals surface area (Å²) in [5.41, 5.74) is 2.66. The number of aromatic nitrogens is 3. The van der Waals surface area contributed by atoms with Gasteiger partial charge in [0.15, 0.2) is 11.6 Å². The van der Waals surface area contributed by atoms with Crippen LogP contribution in [0.25, 0.3) is 16.6 Å². The third-order valence-corrected chi connectivity index (χ3v) is 5.25. The minimum absolute atomic E-state index is 0.0981. The van der Waals surface area contributed by atoms with Crippen LogP contribution in [0.2, 0.25) is 0 Å². The van der Waals surface area contributed by atoms with E-state index < -0.39 is 11.7 Å². The van der Waals surface area contributed by atoms with Crippen molar-refractivity contribution in [3.63, 3.8) is 0 Å². The molecule has 8 nitrogen and oxygen atoms in total. The van der Waals surface area contributed by atoms with Crippen LogP contribution in [0.3, 0.4) is 0 Å². The number of nitrogens with one attached hydrogen (secondary N) is 2. The lowest BCUT2D eigenvalue weighted by atomic mass is 10.0. The van der Waals surface area contributed by atoms with Gasteiger partial charge >= 0.3 is 0 Å². The number of aliphatic hydroxyl groups is 1. The standard InChI is InChI=1S/C23H22FN5O3/c1-13(31)18-11-29-5-4-16(25-2)8-20(29)21(18)23(32)27-19-7-14(12-30)6-17(22(19)24)15-9-26-28(3)10-15/h4-11,25,30H,12H2,1-3H3,(H,27,32). The molecule has 1 amide bonds. The SMILES string of the molecule is CNc1ccn2cc(C(C)=O)c(C(=O)Nc3cc(CO)cc(-c4cnn(C)c4)c3F)c2c1. The number of pyridine rings is 1. The van der Waals surface area contributed by atoms with Crippen molar-refractivity contribution >= 4 is 28.6 Å². The largest absolute Gasteiger partial charge is 0.392 e. The predicted molar refractivity (Wildman–Crippen MR) is 119 cm³/mol. The topological polar surface area (TPSA) is 101 Å². The number of aryl methyl sites for hydroxylation is 1. The molecule has 9 heteroatoms. The van der Waals surface area contributed by atoms with Gasteiger partial charge in [0.2, 0.25) is 0 Å². The van der Waals surface area contributed by atoms with Gasteiger partial charge in [0, 0.05) is 55.1 Å². The first kappa shape index (κ1) is 21.3. The van der Waals surface area contributed by atoms with Crippen molar-refractivity contribution in [1.82, 2.24) is 14.2 Å². The third-order valence-electron chi connectivity index (χ3n) is 5.25. The van der Waals surface area contributed by atoms with Gasteiger partial charge in [0.05, 0.1) is 29.6 Å². The van der Waals surface area contributed by atoms with E-state index in [0.717, 1.165) is 5.69 Å². The highest BCUT2D eigenvalue weighted by Crippen LogP contribution is 2.31. The zero-order chi connectivity index (χ0) is 23.0. The number of carbonyl (C=O) groups is 2. The number of hydrogen-bond donors (Lipinski definition) is 3. The average Bonchev–Trinajstić information content (AvgIpc) is 3.38. The summed E-state index contributed by atoms with van der Waals surface area (Å²) in [5, 5.41) is 19.3. The molecule has 3 N–H and O–H groups in total. The van der Waals surface area contributed by atoms with Crippen LogP contribution in [0.1, 0.15) is 33.2 Å². The molecule has 4 aromatic rings. The Morgan fingerprint density at radius 1 is 1.22 bits per heavy atom. The van der Waals surface area contributed by atoms with Gasteiger partial charge in [0.1, 0.15) is 0 Å². The van der Waals surface area contributed by atoms with E-state index in [2.05, 4.69) is 15.7 Å². The minimum Gasteiger partial charge on any atom is -0.392 e. The summed E-state index contributed by atoms with van der Waals surface area (Å²) in [6.45, 7) is 1.04. The van der Waals surface area contributed by atoms with Crippen LogP contribution in [-0.4, -0.2) is 38.0 Å². The Morgan fingerprint density at radius 3 is 2.62 bits per heavy atom. The number of anilines is 2. The summed E-state index contributed by atoms with van der Waals surface area (Å²) in [4.78, 5) is 25.5. The molecule has 0 fully saturated rings. The molecule has 3 heterocycles. The van der Waals surface area contributed by atoms with Gasteiger partial charge in [-0.25, -0.2) is 4.39 Å². The molecule has 0 bridgehead atoms. The number of Topliss-reactive ketones (excluding diaryl/α,β-unsaturated/α-hetero) is 1. The molecule has 0 aliphatic rings. The van der Waals surface area contributed by atoms with E-state index in [1.54, 1.807) is 43.2 Å². The predicted octanol–water partition coefficient (Wildman–Crippen LogP) is 3.47. The number of ketones is 1. The van der Waals surface area contributed by atoms with Crippen molar-refractivity contribution in [2.45, 2.75) is 13.5 Å². The van der Waals surface area contributed by atoms with Gasteiger partial charge in [-0.2, -0.15) is 5.10 Å².